The van der Waals surface area contributed by atoms with E-state index in [-0.39, 0.29) is 11.3 Å². The van der Waals surface area contributed by atoms with Crippen molar-refractivity contribution in [2.45, 2.75) is 25.2 Å². The maximum Gasteiger partial charge on any atom is 0.265 e. The molecule has 0 atom stereocenters. The molecule has 6 heteroatoms. The maximum absolute atomic E-state index is 12.2. The van der Waals surface area contributed by atoms with Crippen molar-refractivity contribution in [1.82, 2.24) is 15.2 Å². The van der Waals surface area contributed by atoms with Gasteiger partial charge >= 0.3 is 0 Å². The number of nitrogens with two attached hydrogens (primary N) is 1. The molecule has 2 aromatic rings. The van der Waals surface area contributed by atoms with E-state index in [1.54, 1.807) is 19.0 Å². The largest absolute Gasteiger partial charge is 0.397 e. The number of aromatic nitrogens is 1. The third kappa shape index (κ3) is 2.46. The van der Waals surface area contributed by atoms with Crippen LogP contribution in [0.3, 0.4) is 0 Å². The summed E-state index contributed by atoms with van der Waals surface area (Å²) in [5, 5.41) is 4.28. The fourth-order valence-electron chi connectivity index (χ4n) is 2.93. The van der Waals surface area contributed by atoms with Crippen LogP contribution in [0.4, 0.5) is 5.69 Å². The molecule has 3 N–H and O–H groups in total. The molecule has 1 aliphatic heterocycles. The van der Waals surface area contributed by atoms with Gasteiger partial charge in [0.05, 0.1) is 5.69 Å². The first kappa shape index (κ1) is 15.2. The summed E-state index contributed by atoms with van der Waals surface area (Å²) >= 11 is 1.39. The van der Waals surface area contributed by atoms with Gasteiger partial charge in [0.1, 0.15) is 9.71 Å². The fourth-order valence-corrected chi connectivity index (χ4v) is 4.05. The molecule has 118 valence electrons. The molecule has 1 fully saturated rings. The number of fused-ring (bicyclic) bond motifs is 1. The Hall–Kier alpha value is -1.66. The summed E-state index contributed by atoms with van der Waals surface area (Å²) in [6.07, 6.45) is 2.16. The van der Waals surface area contributed by atoms with Crippen molar-refractivity contribution >= 4 is 33.1 Å². The molecule has 1 amide bonds. The first-order chi connectivity index (χ1) is 10.4. The lowest BCUT2D eigenvalue weighted by Crippen LogP contribution is -2.38. The van der Waals surface area contributed by atoms with Crippen molar-refractivity contribution in [1.29, 1.82) is 0 Å². The summed E-state index contributed by atoms with van der Waals surface area (Å²) in [4.78, 5) is 20.0. The average molecular weight is 318 g/mol. The van der Waals surface area contributed by atoms with E-state index in [0.29, 0.717) is 10.6 Å². The third-order valence-electron chi connectivity index (χ3n) is 4.52. The number of hydrogen-bond acceptors (Lipinski definition) is 5. The van der Waals surface area contributed by atoms with Gasteiger partial charge in [-0.05, 0) is 38.1 Å². The first-order valence-electron chi connectivity index (χ1n) is 7.54. The summed E-state index contributed by atoms with van der Waals surface area (Å²) in [5.41, 5.74) is 7.91. The summed E-state index contributed by atoms with van der Waals surface area (Å²) < 4.78 is 0. The third-order valence-corrected chi connectivity index (χ3v) is 5.62. The van der Waals surface area contributed by atoms with Crippen molar-refractivity contribution in [3.05, 3.63) is 22.7 Å². The van der Waals surface area contributed by atoms with Gasteiger partial charge in [-0.1, -0.05) is 6.92 Å². The maximum atomic E-state index is 12.2. The summed E-state index contributed by atoms with van der Waals surface area (Å²) in [6.45, 7) is 4.31. The Bertz CT molecular complexity index is 716. The lowest BCUT2D eigenvalue weighted by Gasteiger charge is -2.33. The number of piperidine rings is 1. The Labute approximate surface area is 134 Å². The van der Waals surface area contributed by atoms with Crippen molar-refractivity contribution in [2.75, 3.05) is 32.9 Å². The van der Waals surface area contributed by atoms with Gasteiger partial charge in [0, 0.05) is 30.6 Å². The smallest absolute Gasteiger partial charge is 0.265 e. The zero-order valence-electron chi connectivity index (χ0n) is 13.3. The number of carbonyl (C=O) groups excluding carboxylic acids is 1. The zero-order chi connectivity index (χ0) is 15.9. The zero-order valence-corrected chi connectivity index (χ0v) is 14.1. The highest BCUT2D eigenvalue weighted by molar-refractivity contribution is 7.21. The molecule has 1 aliphatic rings. The topological polar surface area (TPSA) is 71.2 Å². The number of carbonyl (C=O) groups is 1. The lowest BCUT2D eigenvalue weighted by molar-refractivity contribution is 0.0833. The SMILES string of the molecule is CN(C)C(=O)c1sc2nc(C3(C)CCNCC3)ccc2c1N. The molecular weight excluding hydrogens is 296 g/mol. The number of pyridine rings is 1. The van der Waals surface area contributed by atoms with Gasteiger partial charge in [0.2, 0.25) is 0 Å². The standard InChI is InChI=1S/C16H22N4OS/c1-16(6-8-18-9-7-16)11-5-4-10-12(17)13(15(21)20(2)3)22-14(10)19-11/h4-5,18H,6-9,17H2,1-3H3. The highest BCUT2D eigenvalue weighted by atomic mass is 32.1. The van der Waals surface area contributed by atoms with E-state index < -0.39 is 0 Å². The van der Waals surface area contributed by atoms with Gasteiger partial charge in [0.25, 0.3) is 5.91 Å². The van der Waals surface area contributed by atoms with E-state index in [1.165, 1.54) is 11.3 Å². The number of hydrogen-bond donors (Lipinski definition) is 2. The molecule has 0 aromatic carbocycles. The van der Waals surface area contributed by atoms with Crippen LogP contribution in [0.1, 0.15) is 35.1 Å². The Morgan fingerprint density at radius 3 is 2.68 bits per heavy atom. The van der Waals surface area contributed by atoms with Gasteiger partial charge in [-0.25, -0.2) is 4.98 Å². The van der Waals surface area contributed by atoms with E-state index in [4.69, 9.17) is 10.7 Å². The van der Waals surface area contributed by atoms with Crippen LogP contribution in [-0.4, -0.2) is 43.0 Å². The molecular formula is C16H22N4OS. The van der Waals surface area contributed by atoms with E-state index in [1.807, 2.05) is 6.07 Å². The first-order valence-corrected chi connectivity index (χ1v) is 8.36. The second-order valence-corrected chi connectivity index (χ2v) is 7.40. The Morgan fingerprint density at radius 1 is 1.36 bits per heavy atom. The summed E-state index contributed by atoms with van der Waals surface area (Å²) in [7, 11) is 3.47. The van der Waals surface area contributed by atoms with Crippen molar-refractivity contribution in [2.24, 2.45) is 0 Å². The number of amides is 1. The molecule has 0 spiro atoms. The highest BCUT2D eigenvalue weighted by Gasteiger charge is 2.30. The van der Waals surface area contributed by atoms with Gasteiger partial charge < -0.3 is 16.0 Å². The Balaban J connectivity index is 2.05. The second kappa shape index (κ2) is 5.52. The lowest BCUT2D eigenvalue weighted by atomic mass is 9.78. The Kier molecular flexibility index (Phi) is 3.82. The minimum absolute atomic E-state index is 0.0601. The molecule has 0 aliphatic carbocycles. The van der Waals surface area contributed by atoms with Crippen LogP contribution in [0.2, 0.25) is 0 Å². The van der Waals surface area contributed by atoms with E-state index >= 15 is 0 Å². The van der Waals surface area contributed by atoms with Crippen molar-refractivity contribution < 1.29 is 4.79 Å². The van der Waals surface area contributed by atoms with Crippen molar-refractivity contribution in [3.8, 4) is 0 Å². The van der Waals surface area contributed by atoms with Gasteiger partial charge in [-0.15, -0.1) is 11.3 Å². The number of anilines is 1. The van der Waals surface area contributed by atoms with E-state index in [0.717, 1.165) is 41.8 Å². The number of rotatable bonds is 2. The minimum Gasteiger partial charge on any atom is -0.397 e. The molecule has 1 saturated heterocycles. The minimum atomic E-state index is -0.0601. The second-order valence-electron chi connectivity index (χ2n) is 6.40. The van der Waals surface area contributed by atoms with Crippen LogP contribution in [0.5, 0.6) is 0 Å². The Morgan fingerprint density at radius 2 is 2.05 bits per heavy atom. The predicted molar refractivity (Wildman–Crippen MR) is 91.5 cm³/mol. The van der Waals surface area contributed by atoms with Crippen LogP contribution < -0.4 is 11.1 Å². The predicted octanol–water partition coefficient (Wildman–Crippen LogP) is 2.22. The molecule has 3 heterocycles. The molecule has 0 radical (unpaired) electrons. The van der Waals surface area contributed by atoms with Crippen molar-refractivity contribution in [3.63, 3.8) is 0 Å². The van der Waals surface area contributed by atoms with Crippen LogP contribution in [0.15, 0.2) is 12.1 Å². The molecule has 0 unspecified atom stereocenters. The molecule has 22 heavy (non-hydrogen) atoms. The molecule has 0 saturated carbocycles. The van der Waals surface area contributed by atoms with Gasteiger partial charge in [-0.3, -0.25) is 4.79 Å². The molecule has 0 bridgehead atoms. The van der Waals surface area contributed by atoms with Crippen LogP contribution in [-0.2, 0) is 5.41 Å². The van der Waals surface area contributed by atoms with Crippen LogP contribution >= 0.6 is 11.3 Å². The number of thiophene rings is 1. The quantitative estimate of drug-likeness (QED) is 0.891. The monoisotopic (exact) mass is 318 g/mol. The molecule has 2 aromatic heterocycles. The van der Waals surface area contributed by atoms with Crippen LogP contribution in [0, 0.1) is 0 Å². The van der Waals surface area contributed by atoms with Gasteiger partial charge in [0.15, 0.2) is 0 Å². The van der Waals surface area contributed by atoms with Crippen LogP contribution in [0.25, 0.3) is 10.2 Å². The molecule has 5 nitrogen and oxygen atoms in total. The molecule has 3 rings (SSSR count). The normalized spacial score (nSPS) is 17.6. The average Bonchev–Trinajstić information content (AvgIpc) is 2.84. The number of nitrogens with one attached hydrogen (secondary N) is 1. The number of nitrogens with zero attached hydrogens (tertiary/aromatic N) is 2. The number of nitrogen functional groups attached to an aromatic ring is 1. The summed E-state index contributed by atoms with van der Waals surface area (Å²) in [5.74, 6) is -0.0601. The van der Waals surface area contributed by atoms with E-state index in [9.17, 15) is 4.79 Å². The fraction of sp³-hybridized carbons (Fsp3) is 0.500. The summed E-state index contributed by atoms with van der Waals surface area (Å²) in [6, 6.07) is 4.09. The van der Waals surface area contributed by atoms with Gasteiger partial charge in [-0.2, -0.15) is 0 Å². The van der Waals surface area contributed by atoms with E-state index in [2.05, 4.69) is 18.3 Å². The highest BCUT2D eigenvalue weighted by Crippen LogP contribution is 2.37.